The molecule has 0 unspecified atom stereocenters. The molecule has 11 heteroatoms. The number of aryl methyl sites for hydroxylation is 1. The van der Waals surface area contributed by atoms with Crippen molar-refractivity contribution in [1.29, 1.82) is 0 Å². The molecule has 0 aromatic carbocycles. The van der Waals surface area contributed by atoms with Gasteiger partial charge in [0.15, 0.2) is 5.82 Å². The van der Waals surface area contributed by atoms with E-state index in [4.69, 9.17) is 0 Å². The summed E-state index contributed by atoms with van der Waals surface area (Å²) in [6, 6.07) is 11.1. The molecule has 10 nitrogen and oxygen atoms in total. The highest BCUT2D eigenvalue weighted by atomic mass is 32.1. The number of piperazine rings is 1. The van der Waals surface area contributed by atoms with Crippen molar-refractivity contribution in [3.05, 3.63) is 64.7 Å². The molecule has 4 aromatic heterocycles. The molecular formula is C23H23N9OS. The first-order chi connectivity index (χ1) is 16.6. The van der Waals surface area contributed by atoms with Crippen molar-refractivity contribution in [2.24, 2.45) is 0 Å². The van der Waals surface area contributed by atoms with Gasteiger partial charge in [-0.1, -0.05) is 6.07 Å². The molecule has 0 atom stereocenters. The van der Waals surface area contributed by atoms with Crippen molar-refractivity contribution in [3.63, 3.8) is 0 Å². The van der Waals surface area contributed by atoms with Gasteiger partial charge < -0.3 is 20.9 Å². The summed E-state index contributed by atoms with van der Waals surface area (Å²) in [4.78, 5) is 37.4. The van der Waals surface area contributed by atoms with Gasteiger partial charge in [0.2, 0.25) is 5.95 Å². The van der Waals surface area contributed by atoms with Gasteiger partial charge in [-0.05, 0) is 37.3 Å². The smallest absolute Gasteiger partial charge is 0.264 e. The second-order valence-electron chi connectivity index (χ2n) is 7.69. The maximum absolute atomic E-state index is 12.7. The van der Waals surface area contributed by atoms with Gasteiger partial charge in [0, 0.05) is 49.6 Å². The van der Waals surface area contributed by atoms with E-state index in [1.54, 1.807) is 24.5 Å². The Bertz CT molecular complexity index is 1300. The summed E-state index contributed by atoms with van der Waals surface area (Å²) in [6.07, 6.45) is 3.33. The second kappa shape index (κ2) is 9.89. The largest absolute Gasteiger partial charge is 0.335 e. The zero-order valence-corrected chi connectivity index (χ0v) is 19.3. The topological polar surface area (TPSA) is 121 Å². The molecule has 0 bridgehead atoms. The van der Waals surface area contributed by atoms with Crippen LogP contribution in [0.15, 0.2) is 54.2 Å². The van der Waals surface area contributed by atoms with Crippen LogP contribution in [0.3, 0.4) is 0 Å². The summed E-state index contributed by atoms with van der Waals surface area (Å²) in [7, 11) is 0. The molecule has 3 N–H and O–H groups in total. The number of nitrogens with zero attached hydrogens (tertiary/aromatic N) is 6. The minimum absolute atomic E-state index is 0.0542. The molecule has 1 amide bonds. The minimum Gasteiger partial charge on any atom is -0.335 e. The average molecular weight is 474 g/mol. The van der Waals surface area contributed by atoms with E-state index >= 15 is 0 Å². The van der Waals surface area contributed by atoms with Crippen molar-refractivity contribution in [2.45, 2.75) is 6.92 Å². The quantitative estimate of drug-likeness (QED) is 0.387. The molecular weight excluding hydrogens is 450 g/mol. The minimum atomic E-state index is 0.0542. The highest BCUT2D eigenvalue weighted by molar-refractivity contribution is 7.12. The fourth-order valence-corrected chi connectivity index (χ4v) is 4.31. The fourth-order valence-electron chi connectivity index (χ4n) is 3.51. The first-order valence-electron chi connectivity index (χ1n) is 10.9. The SMILES string of the molecule is Cc1cccc(-c2nccc(Nc3ccnc(Nc4csc(C(=O)N5CCNCC5)c4)n3)n2)n1. The molecule has 5 rings (SSSR count). The van der Waals surface area contributed by atoms with Gasteiger partial charge in [-0.25, -0.2) is 19.9 Å². The van der Waals surface area contributed by atoms with Crippen LogP contribution in [0.4, 0.5) is 23.3 Å². The summed E-state index contributed by atoms with van der Waals surface area (Å²) >= 11 is 1.41. The third-order valence-corrected chi connectivity index (χ3v) is 6.07. The Balaban J connectivity index is 1.27. The molecule has 0 radical (unpaired) electrons. The molecule has 1 aliphatic rings. The van der Waals surface area contributed by atoms with Gasteiger partial charge in [-0.2, -0.15) is 4.98 Å². The number of pyridine rings is 1. The van der Waals surface area contributed by atoms with Crippen LogP contribution in [-0.4, -0.2) is 61.9 Å². The molecule has 0 saturated carbocycles. The van der Waals surface area contributed by atoms with Crippen LogP contribution in [-0.2, 0) is 0 Å². The summed E-state index contributed by atoms with van der Waals surface area (Å²) in [5.74, 6) is 2.17. The van der Waals surface area contributed by atoms with Gasteiger partial charge in [0.25, 0.3) is 5.91 Å². The zero-order chi connectivity index (χ0) is 23.3. The number of carbonyl (C=O) groups is 1. The fraction of sp³-hybridized carbons (Fsp3) is 0.217. The molecule has 1 aliphatic heterocycles. The number of aromatic nitrogens is 5. The van der Waals surface area contributed by atoms with Crippen molar-refractivity contribution >= 4 is 40.5 Å². The standard InChI is InChI=1S/C23H23N9OS/c1-15-3-2-4-17(27-15)21-25-7-5-19(30-21)29-20-6-8-26-23(31-20)28-16-13-18(34-14-16)22(33)32-11-9-24-10-12-32/h2-8,13-14,24H,9-12H2,1H3,(H2,25,26,28,29,30,31). The van der Waals surface area contributed by atoms with Gasteiger partial charge in [-0.15, -0.1) is 11.3 Å². The van der Waals surface area contributed by atoms with E-state index in [0.29, 0.717) is 34.0 Å². The lowest BCUT2D eigenvalue weighted by Crippen LogP contribution is -2.46. The highest BCUT2D eigenvalue weighted by Gasteiger charge is 2.19. The summed E-state index contributed by atoms with van der Waals surface area (Å²) in [6.45, 7) is 5.02. The maximum atomic E-state index is 12.7. The van der Waals surface area contributed by atoms with E-state index in [0.717, 1.165) is 37.6 Å². The molecule has 4 aromatic rings. The van der Waals surface area contributed by atoms with Gasteiger partial charge in [-0.3, -0.25) is 4.79 Å². The van der Waals surface area contributed by atoms with Crippen LogP contribution < -0.4 is 16.0 Å². The normalized spacial score (nSPS) is 13.5. The molecule has 172 valence electrons. The van der Waals surface area contributed by atoms with E-state index in [2.05, 4.69) is 40.9 Å². The Morgan fingerprint density at radius 1 is 1.00 bits per heavy atom. The number of hydrogen-bond donors (Lipinski definition) is 3. The van der Waals surface area contributed by atoms with Crippen LogP contribution >= 0.6 is 11.3 Å². The van der Waals surface area contributed by atoms with Crippen molar-refractivity contribution in [2.75, 3.05) is 36.8 Å². The predicted molar refractivity (Wildman–Crippen MR) is 132 cm³/mol. The van der Waals surface area contributed by atoms with Crippen LogP contribution in [0.2, 0.25) is 0 Å². The Hall–Kier alpha value is -3.96. The second-order valence-corrected chi connectivity index (χ2v) is 8.60. The Morgan fingerprint density at radius 3 is 2.62 bits per heavy atom. The lowest BCUT2D eigenvalue weighted by atomic mass is 10.3. The molecule has 1 saturated heterocycles. The number of amides is 1. The van der Waals surface area contributed by atoms with Crippen molar-refractivity contribution < 1.29 is 4.79 Å². The number of nitrogens with one attached hydrogen (secondary N) is 3. The first kappa shape index (κ1) is 21.9. The summed E-state index contributed by atoms with van der Waals surface area (Å²) in [5.41, 5.74) is 2.38. The van der Waals surface area contributed by atoms with Gasteiger partial charge in [0.1, 0.15) is 17.3 Å². The number of carbonyl (C=O) groups excluding carboxylic acids is 1. The molecule has 0 spiro atoms. The maximum Gasteiger partial charge on any atom is 0.264 e. The molecule has 1 fully saturated rings. The van der Waals surface area contributed by atoms with E-state index < -0.39 is 0 Å². The molecule has 0 aliphatic carbocycles. The van der Waals surface area contributed by atoms with Crippen molar-refractivity contribution in [3.8, 4) is 11.5 Å². The number of thiophene rings is 1. The van der Waals surface area contributed by atoms with E-state index in [9.17, 15) is 4.79 Å². The highest BCUT2D eigenvalue weighted by Crippen LogP contribution is 2.24. The van der Waals surface area contributed by atoms with Gasteiger partial charge >= 0.3 is 0 Å². The predicted octanol–water partition coefficient (Wildman–Crippen LogP) is 3.23. The monoisotopic (exact) mass is 473 g/mol. The Labute approximate surface area is 200 Å². The van der Waals surface area contributed by atoms with Crippen LogP contribution in [0.25, 0.3) is 11.5 Å². The third kappa shape index (κ3) is 5.16. The molecule has 34 heavy (non-hydrogen) atoms. The zero-order valence-electron chi connectivity index (χ0n) is 18.5. The lowest BCUT2D eigenvalue weighted by Gasteiger charge is -2.26. The third-order valence-electron chi connectivity index (χ3n) is 5.16. The summed E-state index contributed by atoms with van der Waals surface area (Å²) < 4.78 is 0. The average Bonchev–Trinajstić information content (AvgIpc) is 3.33. The molecule has 5 heterocycles. The first-order valence-corrected chi connectivity index (χ1v) is 11.7. The van der Waals surface area contributed by atoms with E-state index in [1.165, 1.54) is 11.3 Å². The number of anilines is 4. The van der Waals surface area contributed by atoms with Crippen LogP contribution in [0.5, 0.6) is 0 Å². The summed E-state index contributed by atoms with van der Waals surface area (Å²) in [5, 5.41) is 11.5. The van der Waals surface area contributed by atoms with Crippen LogP contribution in [0.1, 0.15) is 15.4 Å². The van der Waals surface area contributed by atoms with Crippen molar-refractivity contribution in [1.82, 2.24) is 35.1 Å². The van der Waals surface area contributed by atoms with Crippen LogP contribution in [0, 0.1) is 6.92 Å². The number of hydrogen-bond acceptors (Lipinski definition) is 10. The van der Waals surface area contributed by atoms with E-state index in [1.807, 2.05) is 41.5 Å². The Morgan fingerprint density at radius 2 is 1.79 bits per heavy atom. The number of rotatable bonds is 6. The lowest BCUT2D eigenvalue weighted by molar-refractivity contribution is 0.0740. The Kier molecular flexibility index (Phi) is 6.36. The van der Waals surface area contributed by atoms with Gasteiger partial charge in [0.05, 0.1) is 10.6 Å². The van der Waals surface area contributed by atoms with E-state index in [-0.39, 0.29) is 5.91 Å².